The molecular weight excluding hydrogens is 212 g/mol. The van der Waals surface area contributed by atoms with Crippen LogP contribution in [0.1, 0.15) is 0 Å². The van der Waals surface area contributed by atoms with Crippen molar-refractivity contribution in [3.8, 4) is 0 Å². The highest BCUT2D eigenvalue weighted by atomic mass is 16.7. The van der Waals surface area contributed by atoms with E-state index in [-0.39, 0.29) is 26.4 Å². The Kier molecular flexibility index (Phi) is 3.15. The number of nitro groups is 2. The molecule has 15 heavy (non-hydrogen) atoms. The van der Waals surface area contributed by atoms with Gasteiger partial charge in [-0.1, -0.05) is 0 Å². The summed E-state index contributed by atoms with van der Waals surface area (Å²) in [7, 11) is 0. The number of hydrazine groups is 2. The molecule has 0 radical (unpaired) electrons. The fraction of sp³-hybridized carbons (Fsp3) is 1.00. The summed E-state index contributed by atoms with van der Waals surface area (Å²) in [5, 5.41) is 23.9. The van der Waals surface area contributed by atoms with Gasteiger partial charge in [-0.2, -0.15) is 0 Å². The van der Waals surface area contributed by atoms with Crippen LogP contribution in [-0.4, -0.2) is 51.5 Å². The average Bonchev–Trinajstić information content (AvgIpc) is 2.39. The van der Waals surface area contributed by atoms with E-state index in [4.69, 9.17) is 0 Å². The van der Waals surface area contributed by atoms with Crippen molar-refractivity contribution in [1.82, 2.24) is 15.0 Å². The minimum Gasteiger partial charge on any atom is -0.235 e. The van der Waals surface area contributed by atoms with Gasteiger partial charge in [0.15, 0.2) is 23.4 Å². The summed E-state index contributed by atoms with van der Waals surface area (Å²) < 4.78 is 0. The fourth-order valence-electron chi connectivity index (χ4n) is 1.11. The zero-order valence-corrected chi connectivity index (χ0v) is 7.55. The molecule has 0 aliphatic carbocycles. The molecule has 1 fully saturated rings. The van der Waals surface area contributed by atoms with Crippen LogP contribution in [0.15, 0.2) is 5.29 Å². The summed E-state index contributed by atoms with van der Waals surface area (Å²) in [6.45, 7) is -0.998. The predicted octanol–water partition coefficient (Wildman–Crippen LogP) is -1.11. The number of nitrogens with zero attached hydrogens (tertiary/aromatic N) is 6. The van der Waals surface area contributed by atoms with Crippen molar-refractivity contribution in [1.29, 1.82) is 0 Å². The van der Waals surface area contributed by atoms with Gasteiger partial charge in [0.2, 0.25) is 0 Å². The van der Waals surface area contributed by atoms with E-state index in [1.54, 1.807) is 0 Å². The Morgan fingerprint density at radius 1 is 1.00 bits per heavy atom. The largest absolute Gasteiger partial charge is 0.235 e. The van der Waals surface area contributed by atoms with Crippen molar-refractivity contribution < 1.29 is 10.1 Å². The quantitative estimate of drug-likeness (QED) is 0.332. The first-order valence-corrected chi connectivity index (χ1v) is 3.91. The van der Waals surface area contributed by atoms with Gasteiger partial charge in [-0.3, -0.25) is 0 Å². The van der Waals surface area contributed by atoms with E-state index in [1.165, 1.54) is 0 Å². The first kappa shape index (κ1) is 10.9. The van der Waals surface area contributed by atoms with Crippen molar-refractivity contribution in [3.63, 3.8) is 0 Å². The first-order valence-electron chi connectivity index (χ1n) is 3.91. The van der Waals surface area contributed by atoms with E-state index in [9.17, 15) is 25.1 Å². The number of rotatable bonds is 3. The maximum absolute atomic E-state index is 10.4. The van der Waals surface area contributed by atoms with Crippen molar-refractivity contribution in [2.45, 2.75) is 0 Å². The Bertz CT molecular complexity index is 259. The molecule has 0 bridgehead atoms. The maximum atomic E-state index is 10.4. The summed E-state index contributed by atoms with van der Waals surface area (Å²) >= 11 is 0. The van der Waals surface area contributed by atoms with E-state index >= 15 is 0 Å². The molecule has 1 heterocycles. The molecule has 0 amide bonds. The Labute approximate surface area is 83.0 Å². The molecule has 0 unspecified atom stereocenters. The van der Waals surface area contributed by atoms with E-state index < -0.39 is 10.1 Å². The average molecular weight is 220 g/mol. The molecular formula is C4H8N6O5. The van der Waals surface area contributed by atoms with Gasteiger partial charge in [-0.15, -0.1) is 14.9 Å². The summed E-state index contributed by atoms with van der Waals surface area (Å²) in [4.78, 5) is 31.1. The van der Waals surface area contributed by atoms with Crippen molar-refractivity contribution in [2.24, 2.45) is 5.29 Å². The molecule has 11 nitrogen and oxygen atoms in total. The number of nitroso groups, excluding NO2 is 1. The third kappa shape index (κ3) is 2.62. The van der Waals surface area contributed by atoms with E-state index in [2.05, 4.69) is 5.29 Å². The third-order valence-corrected chi connectivity index (χ3v) is 1.85. The lowest BCUT2D eigenvalue weighted by atomic mass is 10.6. The van der Waals surface area contributed by atoms with Gasteiger partial charge in [-0.05, 0) is 0 Å². The zero-order valence-electron chi connectivity index (χ0n) is 7.55. The van der Waals surface area contributed by atoms with Gasteiger partial charge in [-0.25, -0.2) is 25.2 Å². The monoisotopic (exact) mass is 220 g/mol. The van der Waals surface area contributed by atoms with Crippen LogP contribution in [0.25, 0.3) is 0 Å². The zero-order chi connectivity index (χ0) is 11.4. The lowest BCUT2D eigenvalue weighted by Gasteiger charge is -2.15. The van der Waals surface area contributed by atoms with Gasteiger partial charge in [0.25, 0.3) is 0 Å². The SMILES string of the molecule is O=NN1CN([N+](=O)[O-])CCN([N+](=O)[O-])C1. The number of hydrogen-bond acceptors (Lipinski definition) is 6. The van der Waals surface area contributed by atoms with Gasteiger partial charge in [0, 0.05) is 0 Å². The lowest BCUT2D eigenvalue weighted by Crippen LogP contribution is -2.38. The fourth-order valence-corrected chi connectivity index (χ4v) is 1.11. The molecule has 0 N–H and O–H groups in total. The molecule has 1 aliphatic rings. The van der Waals surface area contributed by atoms with Crippen LogP contribution in [0.3, 0.4) is 0 Å². The van der Waals surface area contributed by atoms with Gasteiger partial charge < -0.3 is 0 Å². The molecule has 0 saturated carbocycles. The van der Waals surface area contributed by atoms with Crippen LogP contribution in [0.2, 0.25) is 0 Å². The highest BCUT2D eigenvalue weighted by molar-refractivity contribution is 4.57. The van der Waals surface area contributed by atoms with Crippen LogP contribution < -0.4 is 0 Å². The topological polar surface area (TPSA) is 125 Å². The van der Waals surface area contributed by atoms with Crippen LogP contribution in [0, 0.1) is 25.1 Å². The van der Waals surface area contributed by atoms with E-state index in [0.29, 0.717) is 15.0 Å². The molecule has 0 aromatic rings. The maximum Gasteiger partial charge on any atom is 0.171 e. The van der Waals surface area contributed by atoms with Crippen molar-refractivity contribution >= 4 is 0 Å². The standard InChI is InChI=1S/C4H8N6O5/c11-5-6-3-7(9(12)13)1-2-8(4-6)10(14)15/h1-4H2. The molecule has 11 heteroatoms. The Hall–Kier alpha value is -2.20. The van der Waals surface area contributed by atoms with Crippen molar-refractivity contribution in [2.75, 3.05) is 26.4 Å². The molecule has 0 spiro atoms. The molecule has 84 valence electrons. The molecule has 0 aromatic carbocycles. The molecule has 1 rings (SSSR count). The number of hydrogen-bond donors (Lipinski definition) is 0. The molecule has 1 aliphatic heterocycles. The Morgan fingerprint density at radius 2 is 1.40 bits per heavy atom. The lowest BCUT2D eigenvalue weighted by molar-refractivity contribution is -0.666. The second-order valence-corrected chi connectivity index (χ2v) is 2.81. The second kappa shape index (κ2) is 4.34. The molecule has 0 aromatic heterocycles. The summed E-state index contributed by atoms with van der Waals surface area (Å²) in [6, 6.07) is 0. The van der Waals surface area contributed by atoms with Crippen LogP contribution in [0.5, 0.6) is 0 Å². The second-order valence-electron chi connectivity index (χ2n) is 2.81. The van der Waals surface area contributed by atoms with Gasteiger partial charge in [0.05, 0.1) is 5.29 Å². The Morgan fingerprint density at radius 3 is 1.67 bits per heavy atom. The van der Waals surface area contributed by atoms with Crippen LogP contribution in [-0.2, 0) is 0 Å². The highest BCUT2D eigenvalue weighted by Crippen LogP contribution is 2.04. The normalized spacial score (nSPS) is 17.2. The summed E-state index contributed by atoms with van der Waals surface area (Å²) in [6.07, 6.45) is 0. The van der Waals surface area contributed by atoms with Gasteiger partial charge in [0.1, 0.15) is 13.1 Å². The van der Waals surface area contributed by atoms with Crippen LogP contribution in [0.4, 0.5) is 0 Å². The summed E-state index contributed by atoms with van der Waals surface area (Å²) in [5.41, 5.74) is 0. The van der Waals surface area contributed by atoms with E-state index in [1.807, 2.05) is 0 Å². The Balaban J connectivity index is 2.71. The molecule has 1 saturated heterocycles. The minimum atomic E-state index is -0.721. The predicted molar refractivity (Wildman–Crippen MR) is 44.8 cm³/mol. The first-order chi connectivity index (χ1) is 7.04. The van der Waals surface area contributed by atoms with Crippen molar-refractivity contribution in [3.05, 3.63) is 25.1 Å². The van der Waals surface area contributed by atoms with E-state index in [0.717, 1.165) is 0 Å². The molecule has 0 atom stereocenters. The minimum absolute atomic E-state index is 0.139. The highest BCUT2D eigenvalue weighted by Gasteiger charge is 2.30. The smallest absolute Gasteiger partial charge is 0.171 e. The van der Waals surface area contributed by atoms with Gasteiger partial charge >= 0.3 is 0 Å². The summed E-state index contributed by atoms with van der Waals surface area (Å²) in [5.74, 6) is 0. The van der Waals surface area contributed by atoms with Crippen LogP contribution >= 0.6 is 0 Å². The third-order valence-electron chi connectivity index (χ3n) is 1.85.